The number of likely N-dealkylation sites (N-methyl/N-ethyl adjacent to an activating group) is 1. The Morgan fingerprint density at radius 2 is 2.18 bits per heavy atom. The number of hydrogen-bond donors (Lipinski definition) is 2. The monoisotopic (exact) mass is 244 g/mol. The van der Waals surface area contributed by atoms with E-state index in [-0.39, 0.29) is 11.9 Å². The molecule has 0 saturated heterocycles. The van der Waals surface area contributed by atoms with Crippen LogP contribution >= 0.6 is 0 Å². The van der Waals surface area contributed by atoms with Crippen LogP contribution in [0.4, 0.5) is 0 Å². The van der Waals surface area contributed by atoms with Gasteiger partial charge in [-0.1, -0.05) is 12.8 Å². The van der Waals surface area contributed by atoms with Crippen LogP contribution in [0.25, 0.3) is 0 Å². The lowest BCUT2D eigenvalue weighted by Crippen LogP contribution is -2.51. The molecule has 5 nitrogen and oxygen atoms in total. The molecule has 0 aromatic rings. The van der Waals surface area contributed by atoms with E-state index in [0.717, 1.165) is 25.7 Å². The van der Waals surface area contributed by atoms with Crippen LogP contribution < -0.4 is 5.73 Å². The molecule has 5 heteroatoms. The molecule has 0 radical (unpaired) electrons. The molecule has 0 aromatic carbocycles. The third-order valence-electron chi connectivity index (χ3n) is 3.49. The molecule has 3 N–H and O–H groups in total. The van der Waals surface area contributed by atoms with E-state index in [9.17, 15) is 9.90 Å². The van der Waals surface area contributed by atoms with Gasteiger partial charge in [-0.25, -0.2) is 0 Å². The first-order chi connectivity index (χ1) is 8.07. The zero-order chi connectivity index (χ0) is 12.8. The SMILES string of the molecule is COCCC(N)C(=O)N(C)C1CCCCC1O. The molecular formula is C12H24N2O3. The minimum absolute atomic E-state index is 0.0788. The van der Waals surface area contributed by atoms with Gasteiger partial charge in [0.15, 0.2) is 0 Å². The smallest absolute Gasteiger partial charge is 0.239 e. The first-order valence-electron chi connectivity index (χ1n) is 6.27. The summed E-state index contributed by atoms with van der Waals surface area (Å²) in [6.07, 6.45) is 3.84. The summed E-state index contributed by atoms with van der Waals surface area (Å²) in [5, 5.41) is 9.89. The summed E-state index contributed by atoms with van der Waals surface area (Å²) in [7, 11) is 3.32. The Bertz CT molecular complexity index is 248. The van der Waals surface area contributed by atoms with Crippen molar-refractivity contribution >= 4 is 5.91 Å². The standard InChI is InChI=1S/C12H24N2O3/c1-14(10-5-3-4-6-11(10)15)12(16)9(13)7-8-17-2/h9-11,15H,3-8,13H2,1-2H3. The molecule has 1 fully saturated rings. The van der Waals surface area contributed by atoms with Gasteiger partial charge in [-0.3, -0.25) is 4.79 Å². The second-order valence-corrected chi connectivity index (χ2v) is 4.76. The second-order valence-electron chi connectivity index (χ2n) is 4.76. The maximum absolute atomic E-state index is 12.0. The van der Waals surface area contributed by atoms with Crippen molar-refractivity contribution in [2.45, 2.75) is 50.3 Å². The Morgan fingerprint density at radius 3 is 2.76 bits per heavy atom. The van der Waals surface area contributed by atoms with Gasteiger partial charge in [0, 0.05) is 20.8 Å². The van der Waals surface area contributed by atoms with Crippen LogP contribution in [0.2, 0.25) is 0 Å². The molecule has 0 aromatic heterocycles. The van der Waals surface area contributed by atoms with Gasteiger partial charge in [0.1, 0.15) is 0 Å². The third kappa shape index (κ3) is 3.94. The Labute approximate surface area is 103 Å². The van der Waals surface area contributed by atoms with Gasteiger partial charge in [-0.2, -0.15) is 0 Å². The van der Waals surface area contributed by atoms with Crippen LogP contribution in [0.1, 0.15) is 32.1 Å². The van der Waals surface area contributed by atoms with Crippen LogP contribution in [0.5, 0.6) is 0 Å². The topological polar surface area (TPSA) is 75.8 Å². The number of methoxy groups -OCH3 is 1. The number of rotatable bonds is 5. The normalized spacial score (nSPS) is 26.6. The van der Waals surface area contributed by atoms with Crippen molar-refractivity contribution in [3.63, 3.8) is 0 Å². The van der Waals surface area contributed by atoms with Crippen LogP contribution in [-0.4, -0.2) is 54.9 Å². The first kappa shape index (κ1) is 14.4. The first-order valence-corrected chi connectivity index (χ1v) is 6.27. The van der Waals surface area contributed by atoms with Crippen molar-refractivity contribution in [2.75, 3.05) is 20.8 Å². The highest BCUT2D eigenvalue weighted by atomic mass is 16.5. The summed E-state index contributed by atoms with van der Waals surface area (Å²) < 4.78 is 4.91. The average Bonchev–Trinajstić information content (AvgIpc) is 2.34. The van der Waals surface area contributed by atoms with Gasteiger partial charge in [-0.05, 0) is 19.3 Å². The molecule has 0 heterocycles. The van der Waals surface area contributed by atoms with Crippen LogP contribution in [0.15, 0.2) is 0 Å². The van der Waals surface area contributed by atoms with Crippen molar-refractivity contribution in [1.29, 1.82) is 0 Å². The summed E-state index contributed by atoms with van der Waals surface area (Å²) >= 11 is 0. The summed E-state index contributed by atoms with van der Waals surface area (Å²) in [5.74, 6) is -0.104. The van der Waals surface area contributed by atoms with E-state index in [1.165, 1.54) is 0 Å². The van der Waals surface area contributed by atoms with Crippen molar-refractivity contribution in [2.24, 2.45) is 5.73 Å². The van der Waals surface area contributed by atoms with Crippen LogP contribution in [0, 0.1) is 0 Å². The zero-order valence-corrected chi connectivity index (χ0v) is 10.8. The van der Waals surface area contributed by atoms with E-state index in [1.807, 2.05) is 0 Å². The lowest BCUT2D eigenvalue weighted by Gasteiger charge is -2.36. The quantitative estimate of drug-likeness (QED) is 0.720. The van der Waals surface area contributed by atoms with E-state index < -0.39 is 12.1 Å². The van der Waals surface area contributed by atoms with Crippen LogP contribution in [-0.2, 0) is 9.53 Å². The molecule has 1 aliphatic carbocycles. The van der Waals surface area contributed by atoms with Gasteiger partial charge in [-0.15, -0.1) is 0 Å². The molecule has 0 aliphatic heterocycles. The number of aliphatic hydroxyl groups excluding tert-OH is 1. The average molecular weight is 244 g/mol. The van der Waals surface area contributed by atoms with Crippen molar-refractivity contribution in [3.8, 4) is 0 Å². The summed E-state index contributed by atoms with van der Waals surface area (Å²) in [4.78, 5) is 13.6. The van der Waals surface area contributed by atoms with Crippen molar-refractivity contribution < 1.29 is 14.6 Å². The van der Waals surface area contributed by atoms with Crippen molar-refractivity contribution in [1.82, 2.24) is 4.90 Å². The fourth-order valence-corrected chi connectivity index (χ4v) is 2.34. The number of nitrogens with two attached hydrogens (primary N) is 1. The summed E-state index contributed by atoms with van der Waals surface area (Å²) in [6, 6.07) is -0.612. The highest BCUT2D eigenvalue weighted by Gasteiger charge is 2.31. The fourth-order valence-electron chi connectivity index (χ4n) is 2.34. The van der Waals surface area contributed by atoms with E-state index >= 15 is 0 Å². The molecule has 3 atom stereocenters. The lowest BCUT2D eigenvalue weighted by atomic mass is 9.91. The second kappa shape index (κ2) is 6.93. The van der Waals surface area contributed by atoms with Gasteiger partial charge in [0.25, 0.3) is 0 Å². The summed E-state index contributed by atoms with van der Waals surface area (Å²) in [6.45, 7) is 0.480. The lowest BCUT2D eigenvalue weighted by molar-refractivity contribution is -0.137. The van der Waals surface area contributed by atoms with Gasteiger partial charge < -0.3 is 20.5 Å². The van der Waals surface area contributed by atoms with E-state index in [2.05, 4.69) is 0 Å². The molecule has 1 saturated carbocycles. The molecule has 1 aliphatic rings. The number of carbonyl (C=O) groups is 1. The largest absolute Gasteiger partial charge is 0.391 e. The van der Waals surface area contributed by atoms with Gasteiger partial charge >= 0.3 is 0 Å². The molecule has 0 spiro atoms. The molecule has 0 bridgehead atoms. The predicted molar refractivity (Wildman–Crippen MR) is 65.5 cm³/mol. The van der Waals surface area contributed by atoms with Gasteiger partial charge in [0.05, 0.1) is 18.2 Å². The number of carbonyl (C=O) groups excluding carboxylic acids is 1. The molecular weight excluding hydrogens is 220 g/mol. The minimum Gasteiger partial charge on any atom is -0.391 e. The summed E-state index contributed by atoms with van der Waals surface area (Å²) in [5.41, 5.74) is 5.80. The Morgan fingerprint density at radius 1 is 1.53 bits per heavy atom. The molecule has 3 unspecified atom stereocenters. The molecule has 17 heavy (non-hydrogen) atoms. The molecule has 1 rings (SSSR count). The number of ether oxygens (including phenoxy) is 1. The third-order valence-corrected chi connectivity index (χ3v) is 3.49. The Balaban J connectivity index is 2.49. The fraction of sp³-hybridized carbons (Fsp3) is 0.917. The minimum atomic E-state index is -0.533. The van der Waals surface area contributed by atoms with Gasteiger partial charge in [0.2, 0.25) is 5.91 Å². The van der Waals surface area contributed by atoms with E-state index in [4.69, 9.17) is 10.5 Å². The number of nitrogens with zero attached hydrogens (tertiary/aromatic N) is 1. The molecule has 1 amide bonds. The highest BCUT2D eigenvalue weighted by molar-refractivity contribution is 5.81. The zero-order valence-electron chi connectivity index (χ0n) is 10.8. The highest BCUT2D eigenvalue weighted by Crippen LogP contribution is 2.22. The number of aliphatic hydroxyl groups is 1. The van der Waals surface area contributed by atoms with E-state index in [0.29, 0.717) is 13.0 Å². The van der Waals surface area contributed by atoms with Crippen LogP contribution in [0.3, 0.4) is 0 Å². The Hall–Kier alpha value is -0.650. The number of hydrogen-bond acceptors (Lipinski definition) is 4. The number of amides is 1. The maximum Gasteiger partial charge on any atom is 0.239 e. The molecule has 100 valence electrons. The predicted octanol–water partition coefficient (Wildman–Crippen LogP) is 0.112. The maximum atomic E-state index is 12.0. The van der Waals surface area contributed by atoms with Crippen molar-refractivity contribution in [3.05, 3.63) is 0 Å². The van der Waals surface area contributed by atoms with E-state index in [1.54, 1.807) is 19.1 Å². The Kier molecular flexibility index (Phi) is 5.88.